The molecule has 7 nitrogen and oxygen atoms in total. The van der Waals surface area contributed by atoms with Crippen LogP contribution in [0.25, 0.3) is 0 Å². The van der Waals surface area contributed by atoms with Crippen molar-refractivity contribution in [3.8, 4) is 0 Å². The third kappa shape index (κ3) is 2.01. The van der Waals surface area contributed by atoms with E-state index in [0.717, 1.165) is 6.21 Å². The summed E-state index contributed by atoms with van der Waals surface area (Å²) < 4.78 is 0. The molecule has 0 aromatic rings. The first-order valence-corrected chi connectivity index (χ1v) is 3.50. The minimum absolute atomic E-state index is 0.673. The molecule has 70 valence electrons. The Morgan fingerprint density at radius 1 is 1.31 bits per heavy atom. The van der Waals surface area contributed by atoms with Crippen molar-refractivity contribution < 1.29 is 14.4 Å². The zero-order valence-corrected chi connectivity index (χ0v) is 6.83. The zero-order valence-electron chi connectivity index (χ0n) is 6.83. The van der Waals surface area contributed by atoms with Crippen molar-refractivity contribution in [2.45, 2.75) is 0 Å². The Hall–Kier alpha value is -1.92. The van der Waals surface area contributed by atoms with E-state index in [1.54, 1.807) is 0 Å². The minimum atomic E-state index is -1.05. The van der Waals surface area contributed by atoms with Crippen LogP contribution in [0.4, 0.5) is 4.79 Å². The van der Waals surface area contributed by atoms with Crippen LogP contribution in [0.5, 0.6) is 0 Å². The molecule has 1 aliphatic heterocycles. The van der Waals surface area contributed by atoms with E-state index in [4.69, 9.17) is 0 Å². The maximum absolute atomic E-state index is 11.0. The first-order chi connectivity index (χ1) is 6.15. The topological polar surface area (TPSA) is 99.7 Å². The molecule has 0 saturated carbocycles. The van der Waals surface area contributed by atoms with Crippen molar-refractivity contribution in [1.29, 1.82) is 0 Å². The van der Waals surface area contributed by atoms with Gasteiger partial charge in [-0.2, -0.15) is 5.10 Å². The highest BCUT2D eigenvalue weighted by Crippen LogP contribution is 1.97. The summed E-state index contributed by atoms with van der Waals surface area (Å²) in [5.74, 6) is -2.40. The molecule has 0 bridgehead atoms. The van der Waals surface area contributed by atoms with Gasteiger partial charge in [0.25, 0.3) is 0 Å². The molecule has 0 radical (unpaired) electrons. The maximum atomic E-state index is 11.0. The molecular weight excluding hydrogens is 176 g/mol. The van der Waals surface area contributed by atoms with Crippen LogP contribution in [-0.2, 0) is 9.59 Å². The van der Waals surface area contributed by atoms with Crippen LogP contribution in [0.1, 0.15) is 0 Å². The summed E-state index contributed by atoms with van der Waals surface area (Å²) in [7, 11) is 1.53. The highest BCUT2D eigenvalue weighted by atomic mass is 16.2. The summed E-state index contributed by atoms with van der Waals surface area (Å²) >= 11 is 0. The van der Waals surface area contributed by atoms with Gasteiger partial charge in [0.2, 0.25) is 11.8 Å². The predicted molar refractivity (Wildman–Crippen MR) is 42.7 cm³/mol. The monoisotopic (exact) mass is 184 g/mol. The number of hydrogen-bond donors (Lipinski definition) is 3. The number of carbonyl (C=O) groups excluding carboxylic acids is 3. The van der Waals surface area contributed by atoms with Crippen molar-refractivity contribution in [2.24, 2.45) is 11.0 Å². The molecule has 13 heavy (non-hydrogen) atoms. The highest BCUT2D eigenvalue weighted by molar-refractivity contribution is 6.23. The van der Waals surface area contributed by atoms with Gasteiger partial charge in [0.15, 0.2) is 5.92 Å². The lowest BCUT2D eigenvalue weighted by Crippen LogP contribution is -2.56. The molecule has 1 heterocycles. The number of barbiturate groups is 1. The van der Waals surface area contributed by atoms with Crippen LogP contribution in [0.3, 0.4) is 0 Å². The molecule has 3 N–H and O–H groups in total. The van der Waals surface area contributed by atoms with E-state index >= 15 is 0 Å². The second-order valence-electron chi connectivity index (χ2n) is 2.29. The number of amides is 4. The van der Waals surface area contributed by atoms with Gasteiger partial charge in [-0.05, 0) is 0 Å². The van der Waals surface area contributed by atoms with E-state index in [2.05, 4.69) is 10.5 Å². The van der Waals surface area contributed by atoms with E-state index < -0.39 is 23.8 Å². The van der Waals surface area contributed by atoms with Gasteiger partial charge >= 0.3 is 6.03 Å². The number of nitrogens with zero attached hydrogens (tertiary/aromatic N) is 1. The van der Waals surface area contributed by atoms with Crippen molar-refractivity contribution in [1.82, 2.24) is 16.1 Å². The summed E-state index contributed by atoms with van der Waals surface area (Å²) in [6.07, 6.45) is 1.12. The molecule has 1 fully saturated rings. The van der Waals surface area contributed by atoms with Crippen LogP contribution in [0, 0.1) is 5.92 Å². The Labute approximate surface area is 73.6 Å². The number of hydrogen-bond acceptors (Lipinski definition) is 5. The largest absolute Gasteiger partial charge is 0.328 e. The van der Waals surface area contributed by atoms with Gasteiger partial charge in [-0.25, -0.2) is 4.79 Å². The van der Waals surface area contributed by atoms with E-state index in [0.29, 0.717) is 0 Å². The summed E-state index contributed by atoms with van der Waals surface area (Å²) in [5, 5.41) is 7.39. The smallest absolute Gasteiger partial charge is 0.313 e. The van der Waals surface area contributed by atoms with Gasteiger partial charge in [0, 0.05) is 13.3 Å². The van der Waals surface area contributed by atoms with Gasteiger partial charge in [0.1, 0.15) is 0 Å². The standard InChI is InChI=1S/C6H8N4O3/c1-7-8-2-3-4(11)9-6(13)10-5(3)12/h2-3,7H,1H3,(H2,9,10,11,12,13). The van der Waals surface area contributed by atoms with Crippen LogP contribution in [0.2, 0.25) is 0 Å². The second kappa shape index (κ2) is 3.65. The SMILES string of the molecule is CNN=CC1C(=O)NC(=O)NC1=O. The number of rotatable bonds is 2. The van der Waals surface area contributed by atoms with Crippen molar-refractivity contribution in [2.75, 3.05) is 7.05 Å². The van der Waals surface area contributed by atoms with Gasteiger partial charge in [-0.1, -0.05) is 0 Å². The molecule has 4 amide bonds. The van der Waals surface area contributed by atoms with Gasteiger partial charge in [-0.3, -0.25) is 20.2 Å². The lowest BCUT2D eigenvalue weighted by molar-refractivity contribution is -0.132. The van der Waals surface area contributed by atoms with Crippen LogP contribution < -0.4 is 16.1 Å². The summed E-state index contributed by atoms with van der Waals surface area (Å²) in [6, 6.07) is -0.802. The average Bonchev–Trinajstić information content (AvgIpc) is 2.02. The highest BCUT2D eigenvalue weighted by Gasteiger charge is 2.32. The molecule has 0 unspecified atom stereocenters. The quantitative estimate of drug-likeness (QED) is 0.267. The predicted octanol–water partition coefficient (Wildman–Crippen LogP) is -1.83. The Kier molecular flexibility index (Phi) is 2.58. The van der Waals surface area contributed by atoms with Crippen LogP contribution in [0.15, 0.2) is 5.10 Å². The Balaban J connectivity index is 2.73. The molecule has 0 aromatic heterocycles. The molecule has 1 aliphatic rings. The molecule has 1 rings (SSSR count). The Morgan fingerprint density at radius 2 is 1.85 bits per heavy atom. The first kappa shape index (κ1) is 9.17. The van der Waals surface area contributed by atoms with Crippen molar-refractivity contribution in [3.63, 3.8) is 0 Å². The minimum Gasteiger partial charge on any atom is -0.313 e. The fourth-order valence-electron chi connectivity index (χ4n) is 0.814. The first-order valence-electron chi connectivity index (χ1n) is 3.50. The number of nitrogens with one attached hydrogen (secondary N) is 3. The van der Waals surface area contributed by atoms with E-state index in [1.807, 2.05) is 10.6 Å². The lowest BCUT2D eigenvalue weighted by atomic mass is 10.1. The third-order valence-corrected chi connectivity index (χ3v) is 1.39. The molecule has 7 heteroatoms. The zero-order chi connectivity index (χ0) is 9.84. The molecule has 0 atom stereocenters. The van der Waals surface area contributed by atoms with Crippen LogP contribution >= 0.6 is 0 Å². The fourth-order valence-corrected chi connectivity index (χ4v) is 0.814. The Bertz CT molecular complexity index is 266. The third-order valence-electron chi connectivity index (χ3n) is 1.39. The molecular formula is C6H8N4O3. The fraction of sp³-hybridized carbons (Fsp3) is 0.333. The molecule has 0 aromatic carbocycles. The van der Waals surface area contributed by atoms with E-state index in [-0.39, 0.29) is 0 Å². The molecule has 0 aliphatic carbocycles. The number of imide groups is 2. The molecule has 1 saturated heterocycles. The average molecular weight is 184 g/mol. The van der Waals surface area contributed by atoms with E-state index in [1.165, 1.54) is 7.05 Å². The van der Waals surface area contributed by atoms with Gasteiger partial charge < -0.3 is 5.43 Å². The Morgan fingerprint density at radius 3 is 2.31 bits per heavy atom. The van der Waals surface area contributed by atoms with Crippen LogP contribution in [-0.4, -0.2) is 31.1 Å². The second-order valence-corrected chi connectivity index (χ2v) is 2.29. The van der Waals surface area contributed by atoms with Crippen molar-refractivity contribution >= 4 is 24.1 Å². The summed E-state index contributed by atoms with van der Waals surface area (Å²) in [6.45, 7) is 0. The van der Waals surface area contributed by atoms with Crippen molar-refractivity contribution in [3.05, 3.63) is 0 Å². The summed E-state index contributed by atoms with van der Waals surface area (Å²) in [4.78, 5) is 32.6. The van der Waals surface area contributed by atoms with Gasteiger partial charge in [0.05, 0.1) is 0 Å². The normalized spacial score (nSPS) is 18.7. The van der Waals surface area contributed by atoms with E-state index in [9.17, 15) is 14.4 Å². The number of urea groups is 1. The summed E-state index contributed by atoms with van der Waals surface area (Å²) in [5.41, 5.74) is 2.39. The maximum Gasteiger partial charge on any atom is 0.328 e. The molecule has 0 spiro atoms. The van der Waals surface area contributed by atoms with Gasteiger partial charge in [-0.15, -0.1) is 0 Å². The lowest BCUT2D eigenvalue weighted by Gasteiger charge is -2.16. The number of carbonyl (C=O) groups is 3. The number of hydrazone groups is 1.